The third kappa shape index (κ3) is 2.33. The van der Waals surface area contributed by atoms with Gasteiger partial charge in [-0.05, 0) is 6.92 Å². The van der Waals surface area contributed by atoms with Crippen LogP contribution in [0, 0.1) is 0 Å². The van der Waals surface area contributed by atoms with Crippen molar-refractivity contribution in [2.45, 2.75) is 19.1 Å². The second kappa shape index (κ2) is 3.53. The zero-order chi connectivity index (χ0) is 10.1. The van der Waals surface area contributed by atoms with Gasteiger partial charge in [0.25, 0.3) is 0 Å². The molecular weight excluding hydrogens is 185 g/mol. The number of piperazine rings is 1. The van der Waals surface area contributed by atoms with Gasteiger partial charge in [-0.15, -0.1) is 0 Å². The third-order valence-electron chi connectivity index (χ3n) is 2.00. The van der Waals surface area contributed by atoms with E-state index in [1.165, 1.54) is 0 Å². The summed E-state index contributed by atoms with van der Waals surface area (Å²) in [6.07, 6.45) is -4.74. The van der Waals surface area contributed by atoms with Crippen molar-refractivity contribution >= 4 is 5.91 Å². The van der Waals surface area contributed by atoms with Gasteiger partial charge in [0.05, 0.1) is 0 Å². The molecule has 0 saturated carbocycles. The fourth-order valence-corrected chi connectivity index (χ4v) is 1.31. The van der Waals surface area contributed by atoms with Gasteiger partial charge in [-0.2, -0.15) is 13.2 Å². The van der Waals surface area contributed by atoms with Crippen molar-refractivity contribution in [2.24, 2.45) is 0 Å². The summed E-state index contributed by atoms with van der Waals surface area (Å²) in [5, 5.41) is 2.91. The minimum atomic E-state index is -4.74. The Morgan fingerprint density at radius 1 is 1.54 bits per heavy atom. The molecule has 0 unspecified atom stereocenters. The van der Waals surface area contributed by atoms with Crippen molar-refractivity contribution in [1.82, 2.24) is 10.2 Å². The first-order valence-electron chi connectivity index (χ1n) is 4.01. The number of hydrogen-bond donors (Lipinski definition) is 1. The van der Waals surface area contributed by atoms with Crippen molar-refractivity contribution < 1.29 is 18.0 Å². The summed E-state index contributed by atoms with van der Waals surface area (Å²) in [6, 6.07) is -0.386. The summed E-state index contributed by atoms with van der Waals surface area (Å²) in [5.74, 6) is -1.73. The lowest BCUT2D eigenvalue weighted by Gasteiger charge is -2.34. The third-order valence-corrected chi connectivity index (χ3v) is 2.00. The molecule has 1 saturated heterocycles. The maximum absolute atomic E-state index is 12.0. The summed E-state index contributed by atoms with van der Waals surface area (Å²) in [7, 11) is 0. The second-order valence-electron chi connectivity index (χ2n) is 3.05. The van der Waals surface area contributed by atoms with Gasteiger partial charge >= 0.3 is 12.1 Å². The number of halogens is 3. The van der Waals surface area contributed by atoms with Gasteiger partial charge < -0.3 is 10.2 Å². The fourth-order valence-electron chi connectivity index (χ4n) is 1.31. The molecule has 0 spiro atoms. The minimum absolute atomic E-state index is 0.125. The van der Waals surface area contributed by atoms with Crippen LogP contribution >= 0.6 is 0 Å². The smallest absolute Gasteiger partial charge is 0.330 e. The molecule has 76 valence electrons. The maximum Gasteiger partial charge on any atom is 0.471 e. The normalized spacial score (nSPS) is 24.6. The highest BCUT2D eigenvalue weighted by Gasteiger charge is 2.44. The molecule has 0 aromatic carbocycles. The fraction of sp³-hybridized carbons (Fsp3) is 0.857. The Labute approximate surface area is 73.9 Å². The van der Waals surface area contributed by atoms with Crippen LogP contribution in [0.1, 0.15) is 6.92 Å². The first-order chi connectivity index (χ1) is 5.93. The van der Waals surface area contributed by atoms with E-state index in [0.29, 0.717) is 13.1 Å². The first-order valence-corrected chi connectivity index (χ1v) is 4.01. The first kappa shape index (κ1) is 10.3. The molecule has 1 heterocycles. The van der Waals surface area contributed by atoms with Gasteiger partial charge in [-0.25, -0.2) is 0 Å². The van der Waals surface area contributed by atoms with E-state index in [0.717, 1.165) is 4.90 Å². The highest BCUT2D eigenvalue weighted by atomic mass is 19.4. The van der Waals surface area contributed by atoms with Crippen molar-refractivity contribution in [2.75, 3.05) is 19.6 Å². The summed E-state index contributed by atoms with van der Waals surface area (Å²) < 4.78 is 36.0. The van der Waals surface area contributed by atoms with Crippen molar-refractivity contribution in [3.8, 4) is 0 Å². The largest absolute Gasteiger partial charge is 0.471 e. The summed E-state index contributed by atoms with van der Waals surface area (Å²) >= 11 is 0. The van der Waals surface area contributed by atoms with Crippen LogP contribution in [-0.2, 0) is 4.79 Å². The van der Waals surface area contributed by atoms with Crippen LogP contribution < -0.4 is 5.32 Å². The summed E-state index contributed by atoms with van der Waals surface area (Å²) in [6.45, 7) is 2.56. The molecule has 0 bridgehead atoms. The SMILES string of the molecule is C[C@H]1CNCCN1C(=O)C(F)(F)F. The lowest BCUT2D eigenvalue weighted by Crippen LogP contribution is -2.55. The van der Waals surface area contributed by atoms with E-state index in [4.69, 9.17) is 0 Å². The van der Waals surface area contributed by atoms with Crippen LogP contribution in [-0.4, -0.2) is 42.7 Å². The number of nitrogens with zero attached hydrogens (tertiary/aromatic N) is 1. The molecule has 6 heteroatoms. The molecule has 0 aromatic heterocycles. The molecule has 0 aromatic rings. The zero-order valence-electron chi connectivity index (χ0n) is 7.19. The lowest BCUT2D eigenvalue weighted by molar-refractivity contribution is -0.188. The summed E-state index contributed by atoms with van der Waals surface area (Å²) in [5.41, 5.74) is 0. The van der Waals surface area contributed by atoms with Crippen molar-refractivity contribution in [3.63, 3.8) is 0 Å². The maximum atomic E-state index is 12.0. The van der Waals surface area contributed by atoms with Crippen LogP contribution in [0.2, 0.25) is 0 Å². The Kier molecular flexibility index (Phi) is 2.80. The minimum Gasteiger partial charge on any atom is -0.330 e. The molecule has 13 heavy (non-hydrogen) atoms. The topological polar surface area (TPSA) is 32.3 Å². The number of carbonyl (C=O) groups excluding carboxylic acids is 1. The molecule has 1 rings (SSSR count). The number of carbonyl (C=O) groups is 1. The Morgan fingerprint density at radius 3 is 2.62 bits per heavy atom. The van der Waals surface area contributed by atoms with Crippen LogP contribution in [0.25, 0.3) is 0 Å². The average molecular weight is 196 g/mol. The molecule has 1 atom stereocenters. The molecule has 0 aliphatic carbocycles. The van der Waals surface area contributed by atoms with E-state index in [9.17, 15) is 18.0 Å². The Balaban J connectivity index is 2.64. The molecule has 1 amide bonds. The van der Waals surface area contributed by atoms with Gasteiger partial charge in [-0.1, -0.05) is 0 Å². The molecule has 1 N–H and O–H groups in total. The number of hydrogen-bond acceptors (Lipinski definition) is 2. The number of nitrogens with one attached hydrogen (secondary N) is 1. The van der Waals surface area contributed by atoms with E-state index >= 15 is 0 Å². The van der Waals surface area contributed by atoms with E-state index in [1.807, 2.05) is 0 Å². The standard InChI is InChI=1S/C7H11F3N2O/c1-5-4-11-2-3-12(5)6(13)7(8,9)10/h5,11H,2-4H2,1H3/t5-/m0/s1. The zero-order valence-corrected chi connectivity index (χ0v) is 7.19. The molecule has 1 aliphatic rings. The van der Waals surface area contributed by atoms with Gasteiger partial charge in [0.1, 0.15) is 0 Å². The van der Waals surface area contributed by atoms with Gasteiger partial charge in [0, 0.05) is 25.7 Å². The number of amides is 1. The molecule has 1 fully saturated rings. The van der Waals surface area contributed by atoms with Crippen molar-refractivity contribution in [3.05, 3.63) is 0 Å². The van der Waals surface area contributed by atoms with Crippen LogP contribution in [0.15, 0.2) is 0 Å². The second-order valence-corrected chi connectivity index (χ2v) is 3.05. The lowest BCUT2D eigenvalue weighted by atomic mass is 10.2. The number of alkyl halides is 3. The molecule has 3 nitrogen and oxygen atoms in total. The number of rotatable bonds is 0. The van der Waals surface area contributed by atoms with Gasteiger partial charge in [0.2, 0.25) is 0 Å². The van der Waals surface area contributed by atoms with E-state index in [1.54, 1.807) is 6.92 Å². The Bertz CT molecular complexity index is 204. The van der Waals surface area contributed by atoms with Crippen LogP contribution in [0.5, 0.6) is 0 Å². The van der Waals surface area contributed by atoms with Gasteiger partial charge in [-0.3, -0.25) is 4.79 Å². The Hall–Kier alpha value is -0.780. The molecular formula is C7H11F3N2O. The van der Waals surface area contributed by atoms with Crippen molar-refractivity contribution in [1.29, 1.82) is 0 Å². The average Bonchev–Trinajstić information content (AvgIpc) is 2.02. The van der Waals surface area contributed by atoms with E-state index < -0.39 is 12.1 Å². The monoisotopic (exact) mass is 196 g/mol. The predicted octanol–water partition coefficient (Wildman–Crippen LogP) is 0.369. The highest BCUT2D eigenvalue weighted by molar-refractivity contribution is 5.82. The predicted molar refractivity (Wildman–Crippen MR) is 40.1 cm³/mol. The Morgan fingerprint density at radius 2 is 2.15 bits per heavy atom. The van der Waals surface area contributed by atoms with Crippen LogP contribution in [0.3, 0.4) is 0 Å². The summed E-state index contributed by atoms with van der Waals surface area (Å²) in [4.78, 5) is 11.7. The molecule has 1 aliphatic heterocycles. The van der Waals surface area contributed by atoms with E-state index in [2.05, 4.69) is 5.32 Å². The van der Waals surface area contributed by atoms with Gasteiger partial charge in [0.15, 0.2) is 0 Å². The molecule has 0 radical (unpaired) electrons. The quantitative estimate of drug-likeness (QED) is 0.607. The highest BCUT2D eigenvalue weighted by Crippen LogP contribution is 2.20. The van der Waals surface area contributed by atoms with Crippen LogP contribution in [0.4, 0.5) is 13.2 Å². The van der Waals surface area contributed by atoms with E-state index in [-0.39, 0.29) is 12.6 Å².